The number of halogens is 1. The molecular weight excluding hydrogens is 427 g/mol. The minimum atomic E-state index is -0.307. The van der Waals surface area contributed by atoms with E-state index in [9.17, 15) is 9.18 Å². The Labute approximate surface area is 192 Å². The van der Waals surface area contributed by atoms with E-state index in [0.717, 1.165) is 12.8 Å². The summed E-state index contributed by atoms with van der Waals surface area (Å²) < 4.78 is 15.6. The summed E-state index contributed by atoms with van der Waals surface area (Å²) in [5, 5.41) is 12.0. The van der Waals surface area contributed by atoms with Crippen molar-refractivity contribution < 1.29 is 9.18 Å². The van der Waals surface area contributed by atoms with Gasteiger partial charge in [-0.2, -0.15) is 4.52 Å². The fourth-order valence-electron chi connectivity index (χ4n) is 4.00. The molecule has 0 unspecified atom stereocenters. The van der Waals surface area contributed by atoms with Crippen molar-refractivity contribution in [2.24, 2.45) is 0 Å². The number of hydrogen-bond donors (Lipinski definition) is 2. The predicted octanol–water partition coefficient (Wildman–Crippen LogP) is 4.69. The van der Waals surface area contributed by atoms with E-state index in [1.165, 1.54) is 42.7 Å². The minimum absolute atomic E-state index is 0.0146. The van der Waals surface area contributed by atoms with Crippen molar-refractivity contribution in [3.63, 3.8) is 0 Å². The lowest BCUT2D eigenvalue weighted by Crippen LogP contribution is -2.41. The molecule has 2 heterocycles. The Hall–Kier alpha value is -2.68. The smallest absolute Gasteiger partial charge is 0.239 e. The maximum Gasteiger partial charge on any atom is 0.239 e. The Morgan fingerprint density at radius 3 is 2.72 bits per heavy atom. The van der Waals surface area contributed by atoms with E-state index in [4.69, 9.17) is 10.1 Å². The van der Waals surface area contributed by atoms with Gasteiger partial charge in [0.05, 0.1) is 6.54 Å². The van der Waals surface area contributed by atoms with Crippen molar-refractivity contribution in [3.05, 3.63) is 30.1 Å². The molecule has 4 rings (SSSR count). The van der Waals surface area contributed by atoms with Gasteiger partial charge in [-0.1, -0.05) is 42.7 Å². The highest BCUT2D eigenvalue weighted by molar-refractivity contribution is 7.20. The summed E-state index contributed by atoms with van der Waals surface area (Å²) in [5.41, 5.74) is 1.10. The summed E-state index contributed by atoms with van der Waals surface area (Å²) >= 11 is 1.41. The number of hydrogen-bond acceptors (Lipinski definition) is 6. The Bertz CT molecular complexity index is 1100. The van der Waals surface area contributed by atoms with Crippen LogP contribution in [-0.2, 0) is 4.79 Å². The van der Waals surface area contributed by atoms with Crippen LogP contribution in [0.3, 0.4) is 0 Å². The topological polar surface area (TPSA) is 74.6 Å². The van der Waals surface area contributed by atoms with Gasteiger partial charge < -0.3 is 15.5 Å². The zero-order chi connectivity index (χ0) is 22.9. The highest BCUT2D eigenvalue weighted by Gasteiger charge is 2.24. The van der Waals surface area contributed by atoms with Crippen LogP contribution in [0.25, 0.3) is 16.2 Å². The number of fused-ring (bicyclic) bond motifs is 1. The van der Waals surface area contributed by atoms with Gasteiger partial charge in [-0.25, -0.2) is 9.37 Å². The van der Waals surface area contributed by atoms with Crippen molar-refractivity contribution in [2.75, 3.05) is 23.8 Å². The molecule has 1 amide bonds. The fourth-order valence-corrected chi connectivity index (χ4v) is 4.86. The number of carbonyl (C=O) groups is 1. The molecular formula is C23H31FN6OS. The number of rotatable bonds is 6. The molecule has 2 N–H and O–H groups in total. The summed E-state index contributed by atoms with van der Waals surface area (Å²) in [6, 6.07) is 6.70. The third-order valence-electron chi connectivity index (χ3n) is 5.46. The molecule has 0 aliphatic heterocycles. The average molecular weight is 459 g/mol. The molecule has 172 valence electrons. The van der Waals surface area contributed by atoms with Gasteiger partial charge in [-0.3, -0.25) is 4.79 Å². The molecule has 2 aromatic heterocycles. The summed E-state index contributed by atoms with van der Waals surface area (Å²) in [7, 11) is 1.86. The summed E-state index contributed by atoms with van der Waals surface area (Å²) in [6.45, 7) is 6.40. The molecule has 7 nitrogen and oxygen atoms in total. The van der Waals surface area contributed by atoms with Crippen molar-refractivity contribution in [1.82, 2.24) is 19.9 Å². The Kier molecular flexibility index (Phi) is 6.37. The second-order valence-electron chi connectivity index (χ2n) is 9.53. The van der Waals surface area contributed by atoms with Crippen molar-refractivity contribution in [3.8, 4) is 11.3 Å². The third kappa shape index (κ3) is 5.20. The van der Waals surface area contributed by atoms with Gasteiger partial charge in [0.2, 0.25) is 16.0 Å². The lowest BCUT2D eigenvalue weighted by molar-refractivity contribution is -0.120. The molecule has 0 atom stereocenters. The maximum absolute atomic E-state index is 13.9. The summed E-state index contributed by atoms with van der Waals surface area (Å²) in [6.07, 6.45) is 5.74. The number of likely N-dealkylation sites (N-methyl/N-ethyl adjacent to an activating group) is 1. The SMILES string of the molecule is CN(CC(=O)NC1CCCCC1)c1nn2c(NC(C)(C)C)c(-c3cccc(F)c3)nc2s1. The molecule has 9 heteroatoms. The molecule has 0 saturated heterocycles. The number of nitrogens with zero attached hydrogens (tertiary/aromatic N) is 4. The van der Waals surface area contributed by atoms with Gasteiger partial charge >= 0.3 is 0 Å². The number of aromatic nitrogens is 3. The van der Waals surface area contributed by atoms with Crippen LogP contribution in [0.5, 0.6) is 0 Å². The fraction of sp³-hybridized carbons (Fsp3) is 0.522. The predicted molar refractivity (Wildman–Crippen MR) is 128 cm³/mol. The number of nitrogens with one attached hydrogen (secondary N) is 2. The molecule has 0 bridgehead atoms. The number of carbonyl (C=O) groups excluding carboxylic acids is 1. The number of imidazole rings is 1. The van der Waals surface area contributed by atoms with Crippen molar-refractivity contribution >= 4 is 33.2 Å². The van der Waals surface area contributed by atoms with E-state index in [-0.39, 0.29) is 29.8 Å². The zero-order valence-electron chi connectivity index (χ0n) is 19.1. The average Bonchev–Trinajstić information content (AvgIpc) is 3.27. The van der Waals surface area contributed by atoms with E-state index >= 15 is 0 Å². The number of anilines is 2. The molecule has 1 aromatic carbocycles. The second-order valence-corrected chi connectivity index (χ2v) is 10.5. The lowest BCUT2D eigenvalue weighted by Gasteiger charge is -2.24. The zero-order valence-corrected chi connectivity index (χ0v) is 19.9. The molecule has 1 aliphatic carbocycles. The van der Waals surface area contributed by atoms with Crippen LogP contribution in [0.15, 0.2) is 24.3 Å². The minimum Gasteiger partial charge on any atom is -0.364 e. The van der Waals surface area contributed by atoms with Crippen LogP contribution in [0.1, 0.15) is 52.9 Å². The molecule has 3 aromatic rings. The van der Waals surface area contributed by atoms with Gasteiger partial charge in [0.15, 0.2) is 5.82 Å². The molecule has 32 heavy (non-hydrogen) atoms. The van der Waals surface area contributed by atoms with Crippen molar-refractivity contribution in [2.45, 2.75) is 64.5 Å². The van der Waals surface area contributed by atoms with Gasteiger partial charge in [0.1, 0.15) is 11.5 Å². The molecule has 0 radical (unpaired) electrons. The van der Waals surface area contributed by atoms with Gasteiger partial charge in [0, 0.05) is 24.2 Å². The van der Waals surface area contributed by atoms with E-state index in [1.807, 2.05) is 18.0 Å². The van der Waals surface area contributed by atoms with E-state index in [1.54, 1.807) is 10.6 Å². The maximum atomic E-state index is 13.9. The second kappa shape index (κ2) is 9.05. The van der Waals surface area contributed by atoms with Crippen molar-refractivity contribution in [1.29, 1.82) is 0 Å². The van der Waals surface area contributed by atoms with Gasteiger partial charge in [-0.05, 0) is 45.7 Å². The quantitative estimate of drug-likeness (QED) is 0.560. The first-order chi connectivity index (χ1) is 15.2. The lowest BCUT2D eigenvalue weighted by atomic mass is 9.95. The van der Waals surface area contributed by atoms with E-state index in [0.29, 0.717) is 27.2 Å². The first-order valence-electron chi connectivity index (χ1n) is 11.1. The Morgan fingerprint density at radius 2 is 2.03 bits per heavy atom. The Morgan fingerprint density at radius 1 is 1.28 bits per heavy atom. The first kappa shape index (κ1) is 22.5. The van der Waals surface area contributed by atoms with Crippen LogP contribution < -0.4 is 15.5 Å². The highest BCUT2D eigenvalue weighted by atomic mass is 32.1. The van der Waals surface area contributed by atoms with Crippen LogP contribution in [0, 0.1) is 5.82 Å². The normalized spacial score (nSPS) is 15.2. The Balaban J connectivity index is 1.58. The summed E-state index contributed by atoms with van der Waals surface area (Å²) in [5.74, 6) is 0.416. The summed E-state index contributed by atoms with van der Waals surface area (Å²) in [4.78, 5) is 19.8. The molecule has 0 spiro atoms. The number of amides is 1. The van der Waals surface area contributed by atoms with E-state index in [2.05, 4.69) is 31.4 Å². The van der Waals surface area contributed by atoms with Gasteiger partial charge in [-0.15, -0.1) is 5.10 Å². The standard InChI is InChI=1S/C23H31FN6OS/c1-23(2,3)27-20-19(15-9-8-10-16(24)13-15)26-21-30(20)28-22(32-21)29(4)14-18(31)25-17-11-6-5-7-12-17/h8-10,13,17,27H,5-7,11-12,14H2,1-4H3,(H,25,31). The van der Waals surface area contributed by atoms with Crippen LogP contribution in [-0.4, -0.2) is 45.7 Å². The van der Waals surface area contributed by atoms with Gasteiger partial charge in [0.25, 0.3) is 0 Å². The first-order valence-corrected chi connectivity index (χ1v) is 12.0. The van der Waals surface area contributed by atoms with E-state index < -0.39 is 0 Å². The van der Waals surface area contributed by atoms with Crippen LogP contribution >= 0.6 is 11.3 Å². The van der Waals surface area contributed by atoms with Crippen LogP contribution in [0.4, 0.5) is 15.3 Å². The van der Waals surface area contributed by atoms with Crippen LogP contribution in [0.2, 0.25) is 0 Å². The highest BCUT2D eigenvalue weighted by Crippen LogP contribution is 2.34. The monoisotopic (exact) mass is 458 g/mol. The largest absolute Gasteiger partial charge is 0.364 e. The molecule has 1 saturated carbocycles. The number of benzene rings is 1. The molecule has 1 fully saturated rings. The molecule has 1 aliphatic rings. The third-order valence-corrected chi connectivity index (χ3v) is 6.48.